The maximum absolute atomic E-state index is 12.6. The number of aryl methyl sites for hydroxylation is 2. The summed E-state index contributed by atoms with van der Waals surface area (Å²) < 4.78 is 24.0. The Labute approximate surface area is 108 Å². The molecule has 1 aromatic rings. The Morgan fingerprint density at radius 3 is 2.39 bits per heavy atom. The summed E-state index contributed by atoms with van der Waals surface area (Å²) in [7, 11) is -3.56. The lowest BCUT2D eigenvalue weighted by molar-refractivity contribution is 0.279. The molecule has 2 atom stereocenters. The van der Waals surface area contributed by atoms with Gasteiger partial charge >= 0.3 is 0 Å². The highest BCUT2D eigenvalue weighted by Crippen LogP contribution is 2.47. The third-order valence-corrected chi connectivity index (χ3v) is 6.73. The zero-order valence-corrected chi connectivity index (χ0v) is 11.7. The highest BCUT2D eigenvalue weighted by molar-refractivity contribution is 7.93. The Bertz CT molecular complexity index is 628. The average Bonchev–Trinajstić information content (AvgIpc) is 2.31. The van der Waals surface area contributed by atoms with Gasteiger partial charge in [-0.1, -0.05) is 13.0 Å². The Morgan fingerprint density at radius 2 is 2.00 bits per heavy atom. The van der Waals surface area contributed by atoms with Crippen LogP contribution in [0.1, 0.15) is 30.9 Å². The molecule has 2 unspecified atom stereocenters. The van der Waals surface area contributed by atoms with Crippen LogP contribution in [-0.2, 0) is 9.84 Å². The normalized spacial score (nSPS) is 27.3. The van der Waals surface area contributed by atoms with Crippen LogP contribution in [-0.4, -0.2) is 13.2 Å². The Morgan fingerprint density at radius 1 is 1.33 bits per heavy atom. The summed E-state index contributed by atoms with van der Waals surface area (Å²) in [4.78, 5) is 0.277. The quantitative estimate of drug-likeness (QED) is 0.824. The molecule has 1 saturated carbocycles. The molecule has 0 amide bonds. The molecular weight excluding hydrogens is 246 g/mol. The van der Waals surface area contributed by atoms with E-state index in [1.165, 1.54) is 0 Å². The van der Waals surface area contributed by atoms with Crippen molar-refractivity contribution in [3.05, 3.63) is 29.3 Å². The van der Waals surface area contributed by atoms with Crippen LogP contribution in [0.2, 0.25) is 0 Å². The van der Waals surface area contributed by atoms with Crippen molar-refractivity contribution in [2.45, 2.75) is 43.3 Å². The number of nitrogens with zero attached hydrogens (tertiary/aromatic N) is 1. The molecule has 4 heteroatoms. The Hall–Kier alpha value is -1.34. The van der Waals surface area contributed by atoms with Crippen molar-refractivity contribution in [3.8, 4) is 6.07 Å². The molecule has 1 fully saturated rings. The predicted octanol–water partition coefficient (Wildman–Crippen LogP) is 2.77. The van der Waals surface area contributed by atoms with Gasteiger partial charge in [-0.05, 0) is 55.9 Å². The molecule has 0 N–H and O–H groups in total. The van der Waals surface area contributed by atoms with Crippen LogP contribution in [0.25, 0.3) is 0 Å². The van der Waals surface area contributed by atoms with Crippen LogP contribution >= 0.6 is 0 Å². The van der Waals surface area contributed by atoms with Crippen molar-refractivity contribution in [2.24, 2.45) is 5.92 Å². The first-order chi connectivity index (χ1) is 8.35. The second-order valence-electron chi connectivity index (χ2n) is 5.19. The fourth-order valence-corrected chi connectivity index (χ4v) is 4.57. The van der Waals surface area contributed by atoms with E-state index in [9.17, 15) is 13.7 Å². The first kappa shape index (κ1) is 13.1. The summed E-state index contributed by atoms with van der Waals surface area (Å²) in [6.45, 7) is 5.67. The van der Waals surface area contributed by atoms with Crippen LogP contribution < -0.4 is 0 Å². The lowest BCUT2D eigenvalue weighted by atomic mass is 9.75. The third kappa shape index (κ3) is 1.58. The van der Waals surface area contributed by atoms with E-state index in [4.69, 9.17) is 0 Å². The zero-order valence-electron chi connectivity index (χ0n) is 10.9. The van der Waals surface area contributed by atoms with Gasteiger partial charge in [0.2, 0.25) is 0 Å². The zero-order chi connectivity index (χ0) is 13.6. The molecule has 1 aliphatic rings. The van der Waals surface area contributed by atoms with E-state index in [-0.39, 0.29) is 10.8 Å². The maximum Gasteiger partial charge on any atom is 0.197 e. The van der Waals surface area contributed by atoms with Gasteiger partial charge in [-0.3, -0.25) is 0 Å². The molecule has 0 spiro atoms. The van der Waals surface area contributed by atoms with E-state index < -0.39 is 14.6 Å². The van der Waals surface area contributed by atoms with Gasteiger partial charge in [0.05, 0.1) is 11.0 Å². The molecule has 0 aromatic heterocycles. The Kier molecular flexibility index (Phi) is 2.98. The summed E-state index contributed by atoms with van der Waals surface area (Å²) in [5, 5.41) is 9.30. The highest BCUT2D eigenvalue weighted by atomic mass is 32.2. The number of hydrogen-bond acceptors (Lipinski definition) is 3. The molecule has 1 aromatic carbocycles. The van der Waals surface area contributed by atoms with E-state index in [0.717, 1.165) is 17.5 Å². The van der Waals surface area contributed by atoms with Crippen molar-refractivity contribution in [2.75, 3.05) is 0 Å². The highest BCUT2D eigenvalue weighted by Gasteiger charge is 2.55. The van der Waals surface area contributed by atoms with Gasteiger partial charge in [0.1, 0.15) is 0 Å². The lowest BCUT2D eigenvalue weighted by Gasteiger charge is -2.41. The molecule has 0 aliphatic heterocycles. The SMILES string of the molecule is Cc1ccc(S(=O)(=O)C2(C#N)CCC2C)cc1C. The Balaban J connectivity index is 2.56. The third-order valence-electron chi connectivity index (χ3n) is 4.20. The predicted molar refractivity (Wildman–Crippen MR) is 69.8 cm³/mol. The van der Waals surface area contributed by atoms with Gasteiger partial charge in [-0.15, -0.1) is 0 Å². The topological polar surface area (TPSA) is 57.9 Å². The van der Waals surface area contributed by atoms with Crippen LogP contribution in [0.3, 0.4) is 0 Å². The van der Waals surface area contributed by atoms with Crippen molar-refractivity contribution < 1.29 is 8.42 Å². The molecule has 0 radical (unpaired) electrons. The van der Waals surface area contributed by atoms with Crippen molar-refractivity contribution >= 4 is 9.84 Å². The van der Waals surface area contributed by atoms with Crippen LogP contribution in [0.4, 0.5) is 0 Å². The van der Waals surface area contributed by atoms with Crippen molar-refractivity contribution in [3.63, 3.8) is 0 Å². The number of rotatable bonds is 2. The van der Waals surface area contributed by atoms with Gasteiger partial charge in [0.15, 0.2) is 14.6 Å². The molecular formula is C14H17NO2S. The van der Waals surface area contributed by atoms with Crippen LogP contribution in [0, 0.1) is 31.1 Å². The summed E-state index contributed by atoms with van der Waals surface area (Å²) in [6.07, 6.45) is 1.25. The molecule has 0 saturated heterocycles. The lowest BCUT2D eigenvalue weighted by Crippen LogP contribution is -2.51. The molecule has 0 heterocycles. The van der Waals surface area contributed by atoms with Gasteiger partial charge < -0.3 is 0 Å². The van der Waals surface area contributed by atoms with Crippen molar-refractivity contribution in [1.82, 2.24) is 0 Å². The first-order valence-electron chi connectivity index (χ1n) is 6.08. The van der Waals surface area contributed by atoms with Crippen LogP contribution in [0.5, 0.6) is 0 Å². The summed E-state index contributed by atoms with van der Waals surface area (Å²) in [5.41, 5.74) is 2.00. The molecule has 1 aliphatic carbocycles. The average molecular weight is 263 g/mol. The number of hydrogen-bond donors (Lipinski definition) is 0. The summed E-state index contributed by atoms with van der Waals surface area (Å²) in [6, 6.07) is 7.14. The summed E-state index contributed by atoms with van der Waals surface area (Å²) >= 11 is 0. The van der Waals surface area contributed by atoms with Crippen LogP contribution in [0.15, 0.2) is 23.1 Å². The number of nitriles is 1. The molecule has 96 valence electrons. The molecule has 0 bridgehead atoms. The van der Waals surface area contributed by atoms with E-state index in [2.05, 4.69) is 0 Å². The summed E-state index contributed by atoms with van der Waals surface area (Å²) in [5.74, 6) is -0.0888. The van der Waals surface area contributed by atoms with Gasteiger partial charge in [-0.2, -0.15) is 5.26 Å². The molecule has 18 heavy (non-hydrogen) atoms. The number of sulfone groups is 1. The van der Waals surface area contributed by atoms with Gasteiger partial charge in [0, 0.05) is 0 Å². The largest absolute Gasteiger partial charge is 0.222 e. The van der Waals surface area contributed by atoms with E-state index in [1.54, 1.807) is 18.2 Å². The second kappa shape index (κ2) is 4.10. The van der Waals surface area contributed by atoms with Gasteiger partial charge in [0.25, 0.3) is 0 Å². The molecule has 3 nitrogen and oxygen atoms in total. The minimum absolute atomic E-state index is 0.0888. The smallest absolute Gasteiger partial charge is 0.197 e. The van der Waals surface area contributed by atoms with E-state index >= 15 is 0 Å². The fraction of sp³-hybridized carbons (Fsp3) is 0.500. The second-order valence-corrected chi connectivity index (χ2v) is 7.40. The standard InChI is InChI=1S/C14H17NO2S/c1-10-4-5-13(8-11(10)2)18(16,17)14(9-15)7-6-12(14)3/h4-5,8,12H,6-7H2,1-3H3. The van der Waals surface area contributed by atoms with Crippen molar-refractivity contribution in [1.29, 1.82) is 5.26 Å². The van der Waals surface area contributed by atoms with Gasteiger partial charge in [-0.25, -0.2) is 8.42 Å². The van der Waals surface area contributed by atoms with E-state index in [0.29, 0.717) is 6.42 Å². The monoisotopic (exact) mass is 263 g/mol. The maximum atomic E-state index is 12.6. The molecule has 2 rings (SSSR count). The number of benzene rings is 1. The minimum atomic E-state index is -3.56. The van der Waals surface area contributed by atoms with E-state index in [1.807, 2.05) is 26.8 Å². The first-order valence-corrected chi connectivity index (χ1v) is 7.56. The minimum Gasteiger partial charge on any atom is -0.222 e. The fourth-order valence-electron chi connectivity index (χ4n) is 2.41.